The zero-order valence-corrected chi connectivity index (χ0v) is 11.9. The molecule has 1 aromatic heterocycles. The highest BCUT2D eigenvalue weighted by Crippen LogP contribution is 2.48. The summed E-state index contributed by atoms with van der Waals surface area (Å²) >= 11 is 0. The van der Waals surface area contributed by atoms with E-state index in [2.05, 4.69) is 30.4 Å². The van der Waals surface area contributed by atoms with Crippen LogP contribution < -0.4 is 10.2 Å². The van der Waals surface area contributed by atoms with E-state index in [1.807, 2.05) is 14.0 Å². The topological polar surface area (TPSA) is 45.2 Å². The summed E-state index contributed by atoms with van der Waals surface area (Å²) in [5.41, 5.74) is 4.95. The molecule has 1 saturated heterocycles. The Bertz CT molecular complexity index is 762. The molecule has 4 nitrogen and oxygen atoms in total. The van der Waals surface area contributed by atoms with Crippen molar-refractivity contribution in [2.24, 2.45) is 0 Å². The number of fused-ring (bicyclic) bond motifs is 4. The van der Waals surface area contributed by atoms with Crippen LogP contribution in [-0.2, 0) is 10.2 Å². The molecule has 102 valence electrons. The van der Waals surface area contributed by atoms with Crippen LogP contribution in [0, 0.1) is 13.8 Å². The molecule has 4 heteroatoms. The van der Waals surface area contributed by atoms with Crippen molar-refractivity contribution < 1.29 is 4.79 Å². The molecule has 1 amide bonds. The standard InChI is InChI=1S/C16H17N3O/c1-9-5-4-6-11-12-14(10(2)18-13(9)11)19(3)15(20)16(12)7-17-8-16/h4-6,17H,7-8H2,1-3H3. The van der Waals surface area contributed by atoms with Gasteiger partial charge in [-0.3, -0.25) is 9.78 Å². The average molecular weight is 267 g/mol. The first-order chi connectivity index (χ1) is 9.56. The van der Waals surface area contributed by atoms with Gasteiger partial charge in [-0.15, -0.1) is 0 Å². The first kappa shape index (κ1) is 11.9. The molecule has 0 bridgehead atoms. The van der Waals surface area contributed by atoms with Crippen molar-refractivity contribution in [1.29, 1.82) is 0 Å². The highest BCUT2D eigenvalue weighted by molar-refractivity contribution is 6.14. The molecule has 2 aromatic rings. The average Bonchev–Trinajstić information content (AvgIpc) is 2.61. The van der Waals surface area contributed by atoms with Crippen LogP contribution >= 0.6 is 0 Å². The summed E-state index contributed by atoms with van der Waals surface area (Å²) < 4.78 is 0. The first-order valence-electron chi connectivity index (χ1n) is 6.95. The number of likely N-dealkylation sites (N-methyl/N-ethyl adjacent to an activating group) is 1. The normalized spacial score (nSPS) is 19.6. The predicted octanol–water partition coefficient (Wildman–Crippen LogP) is 1.67. The Hall–Kier alpha value is -1.94. The third-order valence-corrected chi connectivity index (χ3v) is 4.75. The lowest BCUT2D eigenvalue weighted by Crippen LogP contribution is -2.61. The van der Waals surface area contributed by atoms with Crippen LogP contribution in [0.1, 0.15) is 16.8 Å². The second-order valence-corrected chi connectivity index (χ2v) is 5.94. The number of pyridine rings is 1. The molecule has 1 aromatic carbocycles. The van der Waals surface area contributed by atoms with Gasteiger partial charge in [-0.25, -0.2) is 0 Å². The number of hydrogen-bond acceptors (Lipinski definition) is 3. The summed E-state index contributed by atoms with van der Waals surface area (Å²) in [6.45, 7) is 5.54. The van der Waals surface area contributed by atoms with Crippen LogP contribution in [0.25, 0.3) is 10.9 Å². The van der Waals surface area contributed by atoms with E-state index < -0.39 is 0 Å². The Morgan fingerprint density at radius 1 is 1.30 bits per heavy atom. The van der Waals surface area contributed by atoms with Crippen LogP contribution in [0.2, 0.25) is 0 Å². The van der Waals surface area contributed by atoms with Crippen LogP contribution in [0.4, 0.5) is 5.69 Å². The van der Waals surface area contributed by atoms with Crippen molar-refractivity contribution in [3.63, 3.8) is 0 Å². The van der Waals surface area contributed by atoms with Crippen molar-refractivity contribution in [3.05, 3.63) is 35.0 Å². The number of benzene rings is 1. The number of hydrogen-bond donors (Lipinski definition) is 1. The van der Waals surface area contributed by atoms with E-state index in [0.717, 1.165) is 40.9 Å². The third kappa shape index (κ3) is 1.16. The number of nitrogens with zero attached hydrogens (tertiary/aromatic N) is 2. The van der Waals surface area contributed by atoms with E-state index >= 15 is 0 Å². The van der Waals surface area contributed by atoms with Gasteiger partial charge < -0.3 is 10.2 Å². The molecular formula is C16H17N3O. The van der Waals surface area contributed by atoms with E-state index in [1.165, 1.54) is 5.56 Å². The van der Waals surface area contributed by atoms with Gasteiger partial charge in [0.2, 0.25) is 5.91 Å². The van der Waals surface area contributed by atoms with E-state index in [4.69, 9.17) is 4.98 Å². The highest BCUT2D eigenvalue weighted by Gasteiger charge is 2.55. The molecule has 0 unspecified atom stereocenters. The monoisotopic (exact) mass is 267 g/mol. The van der Waals surface area contributed by atoms with Crippen molar-refractivity contribution in [2.45, 2.75) is 19.3 Å². The molecule has 20 heavy (non-hydrogen) atoms. The molecular weight excluding hydrogens is 250 g/mol. The summed E-state index contributed by atoms with van der Waals surface area (Å²) in [4.78, 5) is 19.2. The molecule has 1 spiro atoms. The van der Waals surface area contributed by atoms with Gasteiger partial charge in [-0.05, 0) is 19.4 Å². The quantitative estimate of drug-likeness (QED) is 0.789. The Morgan fingerprint density at radius 2 is 2.05 bits per heavy atom. The van der Waals surface area contributed by atoms with Crippen molar-refractivity contribution in [2.75, 3.05) is 25.0 Å². The lowest BCUT2D eigenvalue weighted by Gasteiger charge is -2.38. The molecule has 1 N–H and O–H groups in total. The Labute approximate surface area is 117 Å². The molecule has 1 fully saturated rings. The fraction of sp³-hybridized carbons (Fsp3) is 0.375. The van der Waals surface area contributed by atoms with Gasteiger partial charge in [0, 0.05) is 31.1 Å². The molecule has 3 heterocycles. The number of carbonyl (C=O) groups excluding carboxylic acids is 1. The fourth-order valence-electron chi connectivity index (χ4n) is 3.67. The molecule has 0 atom stereocenters. The summed E-state index contributed by atoms with van der Waals surface area (Å²) in [7, 11) is 1.87. The van der Waals surface area contributed by atoms with E-state index in [0.29, 0.717) is 0 Å². The molecule has 0 radical (unpaired) electrons. The summed E-state index contributed by atoms with van der Waals surface area (Å²) in [5, 5.41) is 4.40. The van der Waals surface area contributed by atoms with E-state index in [-0.39, 0.29) is 11.3 Å². The first-order valence-corrected chi connectivity index (χ1v) is 6.95. The lowest BCUT2D eigenvalue weighted by molar-refractivity contribution is -0.124. The summed E-state index contributed by atoms with van der Waals surface area (Å²) in [6, 6.07) is 6.23. The number of carbonyl (C=O) groups is 1. The van der Waals surface area contributed by atoms with Gasteiger partial charge in [0.25, 0.3) is 0 Å². The lowest BCUT2D eigenvalue weighted by atomic mass is 9.74. The maximum absolute atomic E-state index is 12.7. The van der Waals surface area contributed by atoms with Gasteiger partial charge in [0.15, 0.2) is 0 Å². The van der Waals surface area contributed by atoms with Crippen LogP contribution in [-0.4, -0.2) is 31.0 Å². The maximum atomic E-state index is 12.7. The predicted molar refractivity (Wildman–Crippen MR) is 79.2 cm³/mol. The van der Waals surface area contributed by atoms with Crippen molar-refractivity contribution in [3.8, 4) is 0 Å². The minimum absolute atomic E-state index is 0.199. The largest absolute Gasteiger partial charge is 0.314 e. The second-order valence-electron chi connectivity index (χ2n) is 5.94. The molecule has 2 aliphatic heterocycles. The zero-order valence-electron chi connectivity index (χ0n) is 11.9. The summed E-state index contributed by atoms with van der Waals surface area (Å²) in [6.07, 6.45) is 0. The van der Waals surface area contributed by atoms with Gasteiger partial charge in [0.1, 0.15) is 5.41 Å². The van der Waals surface area contributed by atoms with Crippen LogP contribution in [0.15, 0.2) is 18.2 Å². The molecule has 0 aliphatic carbocycles. The van der Waals surface area contributed by atoms with Gasteiger partial charge in [0.05, 0.1) is 16.9 Å². The van der Waals surface area contributed by atoms with Crippen molar-refractivity contribution >= 4 is 22.5 Å². The number of amides is 1. The summed E-state index contributed by atoms with van der Waals surface area (Å²) in [5.74, 6) is 0.199. The SMILES string of the molecule is Cc1nc2c(C)cccc2c2c1N(C)C(=O)C21CNC1. The maximum Gasteiger partial charge on any atom is 0.240 e. The Morgan fingerprint density at radius 3 is 2.70 bits per heavy atom. The number of nitrogens with one attached hydrogen (secondary N) is 1. The van der Waals surface area contributed by atoms with E-state index in [1.54, 1.807) is 4.90 Å². The minimum Gasteiger partial charge on any atom is -0.314 e. The molecule has 4 rings (SSSR count). The van der Waals surface area contributed by atoms with Crippen LogP contribution in [0.5, 0.6) is 0 Å². The van der Waals surface area contributed by atoms with Crippen molar-refractivity contribution in [1.82, 2.24) is 10.3 Å². The van der Waals surface area contributed by atoms with E-state index in [9.17, 15) is 4.79 Å². The fourth-order valence-corrected chi connectivity index (χ4v) is 3.67. The smallest absolute Gasteiger partial charge is 0.240 e. The molecule has 2 aliphatic rings. The minimum atomic E-state index is -0.371. The zero-order chi connectivity index (χ0) is 14.1. The van der Waals surface area contributed by atoms with Gasteiger partial charge >= 0.3 is 0 Å². The van der Waals surface area contributed by atoms with Gasteiger partial charge in [-0.2, -0.15) is 0 Å². The Balaban J connectivity index is 2.18. The number of aryl methyl sites for hydroxylation is 2. The second kappa shape index (κ2) is 3.58. The third-order valence-electron chi connectivity index (χ3n) is 4.75. The molecule has 0 saturated carbocycles. The number of aromatic nitrogens is 1. The highest BCUT2D eigenvalue weighted by atomic mass is 16.2. The number of anilines is 1. The number of para-hydroxylation sites is 1. The number of rotatable bonds is 0. The van der Waals surface area contributed by atoms with Crippen LogP contribution in [0.3, 0.4) is 0 Å². The van der Waals surface area contributed by atoms with Gasteiger partial charge in [-0.1, -0.05) is 18.2 Å². The Kier molecular flexibility index (Phi) is 2.12.